The summed E-state index contributed by atoms with van der Waals surface area (Å²) >= 11 is 12.5. The van der Waals surface area contributed by atoms with Crippen LogP contribution in [0.15, 0.2) is 41.4 Å². The van der Waals surface area contributed by atoms with Gasteiger partial charge >= 0.3 is 7.82 Å². The number of unbranched alkanes of at least 4 members (excludes halogenated alkanes) is 1. The van der Waals surface area contributed by atoms with E-state index < -0.39 is 14.6 Å². The molecule has 4 rings (SSSR count). The van der Waals surface area contributed by atoms with E-state index >= 15 is 0 Å². The highest BCUT2D eigenvalue weighted by Gasteiger charge is 2.20. The number of fused-ring (bicyclic) bond motifs is 1. The van der Waals surface area contributed by atoms with Gasteiger partial charge in [0.05, 0.1) is 28.0 Å². The van der Waals surface area contributed by atoms with Gasteiger partial charge in [-0.3, -0.25) is 4.90 Å². The molecule has 2 aliphatic heterocycles. The van der Waals surface area contributed by atoms with E-state index in [2.05, 4.69) is 19.3 Å². The molecule has 1 fully saturated rings. The van der Waals surface area contributed by atoms with Gasteiger partial charge in [-0.05, 0) is 49.6 Å². The minimum absolute atomic E-state index is 0.380. The molecule has 0 radical (unpaired) electrons. The summed E-state index contributed by atoms with van der Waals surface area (Å²) < 4.78 is 26.3. The average Bonchev–Trinajstić information content (AvgIpc) is 2.96. The topological polar surface area (TPSA) is 145 Å². The number of benzene rings is 2. The highest BCUT2D eigenvalue weighted by atomic mass is 35.5. The average molecular weight is 622 g/mol. The fraction of sp³-hybridized carbons (Fsp3) is 0.500. The molecule has 2 heterocycles. The molecule has 40 heavy (non-hydrogen) atoms. The summed E-state index contributed by atoms with van der Waals surface area (Å²) in [4.78, 5) is 26.7. The molecule has 4 N–H and O–H groups in total. The number of halogens is 2. The fourth-order valence-electron chi connectivity index (χ4n) is 4.22. The van der Waals surface area contributed by atoms with Crippen LogP contribution in [0, 0.1) is 0 Å². The SMILES string of the molecule is CO.CO.O=P(O)(O)OCOC1=Nc2cc(OCCCCN3CCN(c4cccc(Cl)c4Cl)CC3)ccc2CC1. The third-order valence-electron chi connectivity index (χ3n) is 6.14. The van der Waals surface area contributed by atoms with Crippen LogP contribution in [0.3, 0.4) is 0 Å². The standard InChI is InChI=1S/C24H30Cl2N3O6P.2CH4O/c25-20-4-3-5-22(24(20)26)29-13-11-28(12-14-29)10-1-2-15-33-19-8-6-18-7-9-23(27-21(18)16-19)34-17-35-36(30,31)32;2*1-2/h3-6,8,16H,1-2,7,9-15,17H2,(H2,30,31,32);2*2H,1H3. The number of hydrogen-bond acceptors (Lipinski definition) is 9. The van der Waals surface area contributed by atoms with Crippen LogP contribution < -0.4 is 9.64 Å². The summed E-state index contributed by atoms with van der Waals surface area (Å²) in [7, 11) is -2.57. The third kappa shape index (κ3) is 11.2. The van der Waals surface area contributed by atoms with Crippen molar-refractivity contribution in [1.82, 2.24) is 4.90 Å². The summed E-state index contributed by atoms with van der Waals surface area (Å²) in [5.74, 6) is 1.11. The predicted molar refractivity (Wildman–Crippen MR) is 157 cm³/mol. The van der Waals surface area contributed by atoms with E-state index in [1.807, 2.05) is 36.4 Å². The van der Waals surface area contributed by atoms with Gasteiger partial charge in [0.2, 0.25) is 6.79 Å². The summed E-state index contributed by atoms with van der Waals surface area (Å²) in [6.45, 7) is 4.89. The minimum atomic E-state index is -4.57. The number of nitrogens with zero attached hydrogens (tertiary/aromatic N) is 3. The van der Waals surface area contributed by atoms with E-state index in [1.165, 1.54) is 0 Å². The number of rotatable bonds is 10. The van der Waals surface area contributed by atoms with Crippen molar-refractivity contribution in [3.8, 4) is 5.75 Å². The molecular formula is C26H38Cl2N3O8P. The maximum atomic E-state index is 10.8. The minimum Gasteiger partial charge on any atom is -0.494 e. The third-order valence-corrected chi connectivity index (χ3v) is 7.39. The van der Waals surface area contributed by atoms with Crippen LogP contribution in [-0.2, 0) is 20.2 Å². The van der Waals surface area contributed by atoms with Gasteiger partial charge < -0.3 is 34.4 Å². The first-order valence-corrected chi connectivity index (χ1v) is 15.0. The second-order valence-corrected chi connectivity index (χ2v) is 10.7. The van der Waals surface area contributed by atoms with Crippen molar-refractivity contribution in [3.63, 3.8) is 0 Å². The molecule has 0 spiro atoms. The molecule has 224 valence electrons. The lowest BCUT2D eigenvalue weighted by Crippen LogP contribution is -2.46. The van der Waals surface area contributed by atoms with E-state index in [9.17, 15) is 4.57 Å². The van der Waals surface area contributed by atoms with Crippen molar-refractivity contribution in [2.24, 2.45) is 4.99 Å². The Kier molecular flexibility index (Phi) is 15.3. The lowest BCUT2D eigenvalue weighted by Gasteiger charge is -2.36. The molecule has 2 aliphatic rings. The number of aliphatic imine (C=N–C) groups is 1. The van der Waals surface area contributed by atoms with Crippen LogP contribution in [-0.4, -0.2) is 91.1 Å². The number of aliphatic hydroxyl groups is 2. The number of piperazine rings is 1. The van der Waals surface area contributed by atoms with Gasteiger partial charge in [-0.25, -0.2) is 14.1 Å². The van der Waals surface area contributed by atoms with Crippen LogP contribution in [0.25, 0.3) is 0 Å². The summed E-state index contributed by atoms with van der Waals surface area (Å²) in [5, 5.41) is 15.2. The molecule has 0 aromatic heterocycles. The van der Waals surface area contributed by atoms with Crippen molar-refractivity contribution in [2.75, 3.05) is 65.2 Å². The van der Waals surface area contributed by atoms with Crippen LogP contribution in [0.2, 0.25) is 10.0 Å². The van der Waals surface area contributed by atoms with Crippen molar-refractivity contribution >= 4 is 48.3 Å². The van der Waals surface area contributed by atoms with Crippen LogP contribution >= 0.6 is 31.0 Å². The first-order chi connectivity index (χ1) is 19.3. The number of anilines is 1. The second kappa shape index (κ2) is 17.8. The van der Waals surface area contributed by atoms with E-state index in [4.69, 9.17) is 52.7 Å². The van der Waals surface area contributed by atoms with Gasteiger partial charge in [-0.15, -0.1) is 0 Å². The largest absolute Gasteiger partial charge is 0.494 e. The zero-order valence-electron chi connectivity index (χ0n) is 22.7. The Bertz CT molecular complexity index is 1130. The Morgan fingerprint density at radius 2 is 1.68 bits per heavy atom. The first-order valence-electron chi connectivity index (χ1n) is 12.8. The Labute approximate surface area is 245 Å². The molecule has 11 nitrogen and oxygen atoms in total. The number of aryl methyl sites for hydroxylation is 1. The Morgan fingerprint density at radius 3 is 2.38 bits per heavy atom. The zero-order chi connectivity index (χ0) is 29.5. The van der Waals surface area contributed by atoms with Gasteiger partial charge in [0.25, 0.3) is 0 Å². The molecule has 0 bridgehead atoms. The quantitative estimate of drug-likeness (QED) is 0.173. The number of aliphatic hydroxyl groups excluding tert-OH is 2. The molecular weight excluding hydrogens is 584 g/mol. The van der Waals surface area contributed by atoms with Crippen molar-refractivity contribution < 1.29 is 38.6 Å². The second-order valence-electron chi connectivity index (χ2n) is 8.64. The number of hydrogen-bond donors (Lipinski definition) is 4. The van der Waals surface area contributed by atoms with Crippen LogP contribution in [0.4, 0.5) is 11.4 Å². The molecule has 0 aliphatic carbocycles. The number of phosphoric acid groups is 1. The predicted octanol–water partition coefficient (Wildman–Crippen LogP) is 4.25. The monoisotopic (exact) mass is 621 g/mol. The van der Waals surface area contributed by atoms with Gasteiger partial charge in [-0.2, -0.15) is 0 Å². The zero-order valence-corrected chi connectivity index (χ0v) is 25.1. The maximum Gasteiger partial charge on any atom is 0.472 e. The summed E-state index contributed by atoms with van der Waals surface area (Å²) in [6.07, 6.45) is 3.24. The smallest absolute Gasteiger partial charge is 0.472 e. The molecule has 0 unspecified atom stereocenters. The highest BCUT2D eigenvalue weighted by molar-refractivity contribution is 7.46. The molecule has 2 aromatic rings. The Balaban J connectivity index is 0.00000134. The van der Waals surface area contributed by atoms with Crippen molar-refractivity contribution in [2.45, 2.75) is 25.7 Å². The van der Waals surface area contributed by atoms with E-state index in [0.29, 0.717) is 29.0 Å². The van der Waals surface area contributed by atoms with Gasteiger partial charge in [0, 0.05) is 52.9 Å². The Hall–Kier alpha value is -1.92. The Morgan fingerprint density at radius 1 is 0.950 bits per heavy atom. The number of ether oxygens (including phenoxy) is 2. The van der Waals surface area contributed by atoms with E-state index in [1.54, 1.807) is 0 Å². The molecule has 14 heteroatoms. The fourth-order valence-corrected chi connectivity index (χ4v) is 4.83. The van der Waals surface area contributed by atoms with E-state index in [0.717, 1.165) is 88.9 Å². The maximum absolute atomic E-state index is 10.8. The molecule has 2 aromatic carbocycles. The van der Waals surface area contributed by atoms with Gasteiger partial charge in [0.15, 0.2) is 5.90 Å². The van der Waals surface area contributed by atoms with Crippen molar-refractivity contribution in [1.29, 1.82) is 0 Å². The molecule has 0 amide bonds. The lowest BCUT2D eigenvalue weighted by molar-refractivity contribution is 0.0724. The molecule has 1 saturated heterocycles. The summed E-state index contributed by atoms with van der Waals surface area (Å²) in [5.41, 5.74) is 2.81. The van der Waals surface area contributed by atoms with Gasteiger partial charge in [0.1, 0.15) is 5.75 Å². The van der Waals surface area contributed by atoms with Crippen LogP contribution in [0.1, 0.15) is 24.8 Å². The van der Waals surface area contributed by atoms with Crippen molar-refractivity contribution in [3.05, 3.63) is 52.0 Å². The van der Waals surface area contributed by atoms with Gasteiger partial charge in [-0.1, -0.05) is 35.3 Å². The number of phosphoric ester groups is 1. The molecule has 0 saturated carbocycles. The molecule has 0 atom stereocenters. The van der Waals surface area contributed by atoms with E-state index in [-0.39, 0.29) is 0 Å². The summed E-state index contributed by atoms with van der Waals surface area (Å²) in [6, 6.07) is 11.6. The normalized spacial score (nSPS) is 15.1. The highest BCUT2D eigenvalue weighted by Crippen LogP contribution is 2.36. The van der Waals surface area contributed by atoms with Crippen LogP contribution in [0.5, 0.6) is 5.75 Å². The first kappa shape index (κ1) is 34.3. The lowest BCUT2D eigenvalue weighted by atomic mass is 10.0.